The van der Waals surface area contributed by atoms with E-state index in [0.29, 0.717) is 6.07 Å². The lowest BCUT2D eigenvalue weighted by Gasteiger charge is -2.14. The molecule has 2 N–H and O–H groups in total. The number of hydrogen-bond donors (Lipinski definition) is 2. The van der Waals surface area contributed by atoms with Crippen LogP contribution in [0.2, 0.25) is 5.02 Å². The number of hydrogen-bond acceptors (Lipinski definition) is 4. The molecule has 0 aliphatic heterocycles. The largest absolute Gasteiger partial charge is 0.482 e. The minimum absolute atomic E-state index is 0.0550. The first-order chi connectivity index (χ1) is 14.5. The summed E-state index contributed by atoms with van der Waals surface area (Å²) >= 11 is 6.08. The van der Waals surface area contributed by atoms with Gasteiger partial charge >= 0.3 is 6.18 Å². The van der Waals surface area contributed by atoms with Crippen molar-refractivity contribution in [1.82, 2.24) is 5.32 Å². The van der Waals surface area contributed by atoms with Gasteiger partial charge in [-0.05, 0) is 49.2 Å². The molecule has 1 amide bonds. The summed E-state index contributed by atoms with van der Waals surface area (Å²) in [5.41, 5.74) is -1.22. The van der Waals surface area contributed by atoms with Gasteiger partial charge in [-0.15, -0.1) is 0 Å². The van der Waals surface area contributed by atoms with Gasteiger partial charge in [0.1, 0.15) is 5.75 Å². The molecule has 1 saturated carbocycles. The Morgan fingerprint density at radius 2 is 1.84 bits per heavy atom. The fraction of sp³-hybridized carbons (Fsp3) is 0.350. The predicted octanol–water partition coefficient (Wildman–Crippen LogP) is 4.60. The average molecular weight is 477 g/mol. The van der Waals surface area contributed by atoms with E-state index in [1.54, 1.807) is 0 Å². The van der Waals surface area contributed by atoms with Crippen LogP contribution in [0.3, 0.4) is 0 Å². The second-order valence-corrected chi connectivity index (χ2v) is 9.20. The summed E-state index contributed by atoms with van der Waals surface area (Å²) < 4.78 is 71.0. The van der Waals surface area contributed by atoms with Gasteiger partial charge < -0.3 is 10.1 Å². The molecule has 0 aromatic heterocycles. The van der Waals surface area contributed by atoms with Gasteiger partial charge in [-0.3, -0.25) is 9.52 Å². The van der Waals surface area contributed by atoms with Crippen LogP contribution in [0.5, 0.6) is 5.75 Å². The number of amides is 1. The minimum atomic E-state index is -4.60. The molecular formula is C20H20ClF3N2O4S. The molecule has 1 fully saturated rings. The zero-order chi connectivity index (χ0) is 22.6. The van der Waals surface area contributed by atoms with Gasteiger partial charge in [0.25, 0.3) is 15.9 Å². The third-order valence-electron chi connectivity index (χ3n) is 4.73. The van der Waals surface area contributed by atoms with Crippen LogP contribution in [0.15, 0.2) is 47.4 Å². The van der Waals surface area contributed by atoms with E-state index < -0.39 is 21.8 Å². The molecule has 2 aromatic carbocycles. The first-order valence-corrected chi connectivity index (χ1v) is 11.3. The van der Waals surface area contributed by atoms with Gasteiger partial charge in [-0.2, -0.15) is 13.2 Å². The molecule has 6 nitrogen and oxygen atoms in total. The number of sulfonamides is 1. The normalized spacial score (nSPS) is 15.0. The van der Waals surface area contributed by atoms with E-state index >= 15 is 0 Å². The van der Waals surface area contributed by atoms with E-state index in [4.69, 9.17) is 16.3 Å². The van der Waals surface area contributed by atoms with Gasteiger partial charge in [0.15, 0.2) is 6.61 Å². The Morgan fingerprint density at radius 3 is 2.48 bits per heavy atom. The third-order valence-corrected chi connectivity index (χ3v) is 6.41. The second-order valence-electron chi connectivity index (χ2n) is 7.11. The number of alkyl halides is 3. The highest BCUT2D eigenvalue weighted by atomic mass is 35.5. The lowest BCUT2D eigenvalue weighted by atomic mass is 10.2. The summed E-state index contributed by atoms with van der Waals surface area (Å²) in [5, 5.41) is 2.80. The van der Waals surface area contributed by atoms with Gasteiger partial charge in [0.2, 0.25) is 0 Å². The Bertz CT molecular complexity index is 1050. The number of rotatable bonds is 7. The van der Waals surface area contributed by atoms with E-state index in [-0.39, 0.29) is 39.9 Å². The Kier molecular flexibility index (Phi) is 7.00. The summed E-state index contributed by atoms with van der Waals surface area (Å²) in [5.74, 6) is -0.188. The van der Waals surface area contributed by atoms with Crippen LogP contribution in [-0.2, 0) is 21.0 Å². The summed E-state index contributed by atoms with van der Waals surface area (Å²) in [6, 6.07) is 7.54. The van der Waals surface area contributed by atoms with E-state index in [1.807, 2.05) is 0 Å². The first kappa shape index (κ1) is 23.2. The van der Waals surface area contributed by atoms with Crippen molar-refractivity contribution in [2.24, 2.45) is 0 Å². The van der Waals surface area contributed by atoms with Crippen molar-refractivity contribution in [3.63, 3.8) is 0 Å². The van der Waals surface area contributed by atoms with Crippen molar-refractivity contribution in [2.45, 2.75) is 42.8 Å². The molecule has 1 aliphatic rings. The second kappa shape index (κ2) is 9.35. The van der Waals surface area contributed by atoms with Crippen LogP contribution in [0.1, 0.15) is 31.2 Å². The molecule has 1 aliphatic carbocycles. The van der Waals surface area contributed by atoms with Crippen molar-refractivity contribution in [1.29, 1.82) is 0 Å². The van der Waals surface area contributed by atoms with Crippen LogP contribution < -0.4 is 14.8 Å². The van der Waals surface area contributed by atoms with Crippen molar-refractivity contribution < 1.29 is 31.1 Å². The number of halogens is 4. The number of anilines is 1. The predicted molar refractivity (Wildman–Crippen MR) is 110 cm³/mol. The maximum absolute atomic E-state index is 12.8. The fourth-order valence-electron chi connectivity index (χ4n) is 3.22. The maximum atomic E-state index is 12.8. The summed E-state index contributed by atoms with van der Waals surface area (Å²) in [4.78, 5) is 11.7. The summed E-state index contributed by atoms with van der Waals surface area (Å²) in [6.07, 6.45) is -0.603. The van der Waals surface area contributed by atoms with E-state index in [1.165, 1.54) is 18.2 Å². The molecule has 0 unspecified atom stereocenters. The molecule has 0 radical (unpaired) electrons. The summed E-state index contributed by atoms with van der Waals surface area (Å²) in [6.45, 7) is -0.273. The van der Waals surface area contributed by atoms with Gasteiger partial charge in [0, 0.05) is 11.7 Å². The van der Waals surface area contributed by atoms with Crippen LogP contribution in [0.25, 0.3) is 0 Å². The number of carbonyl (C=O) groups excluding carboxylic acids is 1. The third kappa shape index (κ3) is 6.27. The number of benzene rings is 2. The highest BCUT2D eigenvalue weighted by Gasteiger charge is 2.30. The smallest absolute Gasteiger partial charge is 0.416 e. The Labute approximate surface area is 182 Å². The Hall–Kier alpha value is -2.46. The molecule has 2 aromatic rings. The van der Waals surface area contributed by atoms with Crippen molar-refractivity contribution in [3.05, 3.63) is 53.1 Å². The van der Waals surface area contributed by atoms with Crippen LogP contribution >= 0.6 is 11.6 Å². The maximum Gasteiger partial charge on any atom is 0.416 e. The SMILES string of the molecule is O=C(COc1ccc(S(=O)(=O)Nc2cccc(C(F)(F)F)c2)cc1Cl)NC1CCCC1. The Morgan fingerprint density at radius 1 is 1.13 bits per heavy atom. The number of nitrogens with one attached hydrogen (secondary N) is 2. The molecule has 11 heteroatoms. The number of carbonyl (C=O) groups is 1. The van der Waals surface area contributed by atoms with Crippen LogP contribution in [0, 0.1) is 0 Å². The minimum Gasteiger partial charge on any atom is -0.482 e. The lowest BCUT2D eigenvalue weighted by Crippen LogP contribution is -2.36. The van der Waals surface area contributed by atoms with Crippen molar-refractivity contribution in [3.8, 4) is 5.75 Å². The molecule has 0 bridgehead atoms. The highest BCUT2D eigenvalue weighted by Crippen LogP contribution is 2.32. The number of ether oxygens (including phenoxy) is 1. The van der Waals surface area contributed by atoms with Crippen molar-refractivity contribution in [2.75, 3.05) is 11.3 Å². The molecule has 0 atom stereocenters. The van der Waals surface area contributed by atoms with Crippen molar-refractivity contribution >= 4 is 33.2 Å². The standard InChI is InChI=1S/C20H20ClF3N2O4S/c21-17-11-16(8-9-18(17)30-12-19(27)25-14-5-1-2-6-14)31(28,29)26-15-7-3-4-13(10-15)20(22,23)24/h3-4,7-11,14,26H,1-2,5-6,12H2,(H,25,27). The van der Waals surface area contributed by atoms with E-state index in [9.17, 15) is 26.4 Å². The average Bonchev–Trinajstić information content (AvgIpc) is 3.19. The topological polar surface area (TPSA) is 84.5 Å². The molecule has 31 heavy (non-hydrogen) atoms. The molecule has 0 heterocycles. The van der Waals surface area contributed by atoms with Gasteiger partial charge in [-0.25, -0.2) is 8.42 Å². The molecule has 168 valence electrons. The zero-order valence-electron chi connectivity index (χ0n) is 16.2. The quantitative estimate of drug-likeness (QED) is 0.611. The molecule has 0 saturated heterocycles. The van der Waals surface area contributed by atoms with Crippen LogP contribution in [0.4, 0.5) is 18.9 Å². The fourth-order valence-corrected chi connectivity index (χ4v) is 4.60. The van der Waals surface area contributed by atoms with Gasteiger partial charge in [0.05, 0.1) is 15.5 Å². The zero-order valence-corrected chi connectivity index (χ0v) is 17.8. The monoisotopic (exact) mass is 476 g/mol. The van der Waals surface area contributed by atoms with Crippen LogP contribution in [-0.4, -0.2) is 27.0 Å². The molecular weight excluding hydrogens is 457 g/mol. The lowest BCUT2D eigenvalue weighted by molar-refractivity contribution is -0.137. The molecule has 3 rings (SSSR count). The summed E-state index contributed by atoms with van der Waals surface area (Å²) in [7, 11) is -4.20. The highest BCUT2D eigenvalue weighted by molar-refractivity contribution is 7.92. The Balaban J connectivity index is 1.66. The van der Waals surface area contributed by atoms with E-state index in [2.05, 4.69) is 10.0 Å². The first-order valence-electron chi connectivity index (χ1n) is 9.46. The molecule has 0 spiro atoms. The van der Waals surface area contributed by atoms with E-state index in [0.717, 1.165) is 43.9 Å². The van der Waals surface area contributed by atoms with Gasteiger partial charge in [-0.1, -0.05) is 30.5 Å².